The van der Waals surface area contributed by atoms with E-state index in [1.807, 2.05) is 24.0 Å². The summed E-state index contributed by atoms with van der Waals surface area (Å²) in [5.41, 5.74) is 2.71. The lowest BCUT2D eigenvalue weighted by Crippen LogP contribution is -2.42. The van der Waals surface area contributed by atoms with Crippen LogP contribution in [0, 0.1) is 5.92 Å². The van der Waals surface area contributed by atoms with Gasteiger partial charge < -0.3 is 19.9 Å². The number of fused-ring (bicyclic) bond motifs is 4. The second kappa shape index (κ2) is 8.99. The van der Waals surface area contributed by atoms with Crippen LogP contribution in [0.15, 0.2) is 23.3 Å². The number of methoxy groups -OCH3 is 1. The number of hydrogen-bond acceptors (Lipinski definition) is 8. The monoisotopic (exact) mass is 497 g/mol. The number of nitrogens with zero attached hydrogens (tertiary/aromatic N) is 3. The van der Waals surface area contributed by atoms with E-state index in [4.69, 9.17) is 4.74 Å². The van der Waals surface area contributed by atoms with Crippen LogP contribution in [0.1, 0.15) is 37.6 Å². The maximum atomic E-state index is 13.1. The molecular weight excluding hydrogens is 470 g/mol. The Morgan fingerprint density at radius 1 is 1.32 bits per heavy atom. The van der Waals surface area contributed by atoms with E-state index in [1.54, 1.807) is 24.8 Å². The Labute approximate surface area is 205 Å². The number of aromatic amines is 1. The molecule has 1 atom stereocenters. The molecule has 0 saturated heterocycles. The third kappa shape index (κ3) is 3.94. The van der Waals surface area contributed by atoms with E-state index in [-0.39, 0.29) is 22.7 Å². The molecule has 5 rings (SSSR count). The Hall–Kier alpha value is -2.98. The van der Waals surface area contributed by atoms with Crippen molar-refractivity contribution in [3.8, 4) is 5.75 Å². The van der Waals surface area contributed by atoms with Crippen LogP contribution in [-0.2, 0) is 17.6 Å². The first-order valence-corrected chi connectivity index (χ1v) is 13.1. The van der Waals surface area contributed by atoms with Crippen molar-refractivity contribution in [2.45, 2.75) is 46.1 Å². The summed E-state index contributed by atoms with van der Waals surface area (Å²) in [4.78, 5) is 40.8. The standard InChI is InChI=1S/C24H27N5O3S2/c1-5-29(12(2)3)23(30)13-6-7-14-18(8-13)33-22-20(14)21(25-11-26-22)27-15-10-19-16(9-17(15)32-4)28-24(31)34-19/h9-13H,5-8H2,1-4H3,(H,28,31)(H,25,26,27). The topological polar surface area (TPSA) is 100 Å². The van der Waals surface area contributed by atoms with Crippen LogP contribution in [-0.4, -0.2) is 45.5 Å². The van der Waals surface area contributed by atoms with Crippen molar-refractivity contribution in [2.24, 2.45) is 5.92 Å². The van der Waals surface area contributed by atoms with Gasteiger partial charge in [0.15, 0.2) is 0 Å². The number of carbonyl (C=O) groups excluding carboxylic acids is 1. The third-order valence-electron chi connectivity index (χ3n) is 6.44. The number of thiazole rings is 1. The number of aromatic nitrogens is 3. The van der Waals surface area contributed by atoms with Gasteiger partial charge in [-0.2, -0.15) is 0 Å². The van der Waals surface area contributed by atoms with Gasteiger partial charge in [-0.3, -0.25) is 9.59 Å². The lowest BCUT2D eigenvalue weighted by molar-refractivity contribution is -0.137. The molecule has 1 aliphatic rings. The molecule has 1 unspecified atom stereocenters. The molecule has 0 saturated carbocycles. The largest absolute Gasteiger partial charge is 0.494 e. The van der Waals surface area contributed by atoms with Gasteiger partial charge in [0.2, 0.25) is 5.91 Å². The molecule has 10 heteroatoms. The fraction of sp³-hybridized carbons (Fsp3) is 0.417. The van der Waals surface area contributed by atoms with E-state index in [2.05, 4.69) is 34.1 Å². The summed E-state index contributed by atoms with van der Waals surface area (Å²) >= 11 is 2.81. The van der Waals surface area contributed by atoms with Crippen molar-refractivity contribution in [3.63, 3.8) is 0 Å². The number of amides is 1. The predicted molar refractivity (Wildman–Crippen MR) is 138 cm³/mol. The van der Waals surface area contributed by atoms with E-state index in [0.29, 0.717) is 11.6 Å². The SMILES string of the molecule is CCN(C(=O)C1CCc2c(sc3ncnc(Nc4cc5sc(=O)[nH]c5cc4OC)c23)C1)C(C)C. The van der Waals surface area contributed by atoms with Crippen LogP contribution in [0.4, 0.5) is 11.5 Å². The van der Waals surface area contributed by atoms with Gasteiger partial charge in [-0.05, 0) is 51.7 Å². The Morgan fingerprint density at radius 2 is 2.15 bits per heavy atom. The Morgan fingerprint density at radius 3 is 2.88 bits per heavy atom. The Kier molecular flexibility index (Phi) is 6.03. The molecule has 0 radical (unpaired) electrons. The number of nitrogens with one attached hydrogen (secondary N) is 2. The van der Waals surface area contributed by atoms with Gasteiger partial charge >= 0.3 is 4.87 Å². The molecule has 1 aliphatic carbocycles. The molecule has 178 valence electrons. The number of thiophene rings is 1. The number of anilines is 2. The van der Waals surface area contributed by atoms with Gasteiger partial charge in [-0.25, -0.2) is 9.97 Å². The van der Waals surface area contributed by atoms with Gasteiger partial charge in [-0.15, -0.1) is 11.3 Å². The highest BCUT2D eigenvalue weighted by Gasteiger charge is 2.32. The molecule has 34 heavy (non-hydrogen) atoms. The minimum atomic E-state index is -0.103. The van der Waals surface area contributed by atoms with E-state index in [1.165, 1.54) is 10.4 Å². The van der Waals surface area contributed by atoms with Crippen molar-refractivity contribution in [1.29, 1.82) is 0 Å². The fourth-order valence-corrected chi connectivity index (χ4v) is 6.82. The van der Waals surface area contributed by atoms with Crippen LogP contribution in [0.3, 0.4) is 0 Å². The fourth-order valence-electron chi connectivity index (χ4n) is 4.80. The second-order valence-corrected chi connectivity index (χ2v) is 10.9. The number of hydrogen-bond donors (Lipinski definition) is 2. The summed E-state index contributed by atoms with van der Waals surface area (Å²) in [6.45, 7) is 6.91. The molecule has 0 fully saturated rings. The molecule has 0 bridgehead atoms. The lowest BCUT2D eigenvalue weighted by Gasteiger charge is -2.31. The van der Waals surface area contributed by atoms with E-state index in [0.717, 1.165) is 63.3 Å². The summed E-state index contributed by atoms with van der Waals surface area (Å²) < 4.78 is 6.42. The Bertz CT molecular complexity index is 1440. The quantitative estimate of drug-likeness (QED) is 0.400. The minimum Gasteiger partial charge on any atom is -0.494 e. The summed E-state index contributed by atoms with van der Waals surface area (Å²) in [6, 6.07) is 3.93. The molecule has 1 amide bonds. The smallest absolute Gasteiger partial charge is 0.305 e. The molecule has 1 aromatic carbocycles. The van der Waals surface area contributed by atoms with Crippen LogP contribution in [0.2, 0.25) is 0 Å². The highest BCUT2D eigenvalue weighted by Crippen LogP contribution is 2.42. The molecule has 0 spiro atoms. The number of H-pyrrole nitrogens is 1. The molecule has 4 aromatic rings. The summed E-state index contributed by atoms with van der Waals surface area (Å²) in [5, 5.41) is 4.43. The zero-order chi connectivity index (χ0) is 24.0. The summed E-state index contributed by atoms with van der Waals surface area (Å²) in [5.74, 6) is 1.58. The van der Waals surface area contributed by atoms with Crippen molar-refractivity contribution >= 4 is 60.5 Å². The number of benzene rings is 1. The number of carbonyl (C=O) groups is 1. The van der Waals surface area contributed by atoms with Gasteiger partial charge in [-0.1, -0.05) is 11.3 Å². The van der Waals surface area contributed by atoms with E-state index >= 15 is 0 Å². The van der Waals surface area contributed by atoms with Gasteiger partial charge in [0.1, 0.15) is 22.7 Å². The number of rotatable bonds is 6. The molecule has 2 N–H and O–H groups in total. The average molecular weight is 498 g/mol. The first-order chi connectivity index (χ1) is 16.4. The van der Waals surface area contributed by atoms with Gasteiger partial charge in [0.25, 0.3) is 0 Å². The maximum absolute atomic E-state index is 13.1. The van der Waals surface area contributed by atoms with E-state index in [9.17, 15) is 9.59 Å². The highest BCUT2D eigenvalue weighted by molar-refractivity contribution is 7.19. The van der Waals surface area contributed by atoms with Crippen molar-refractivity contribution in [2.75, 3.05) is 19.0 Å². The van der Waals surface area contributed by atoms with Crippen molar-refractivity contribution in [3.05, 3.63) is 38.6 Å². The first-order valence-electron chi connectivity index (χ1n) is 11.4. The highest BCUT2D eigenvalue weighted by atomic mass is 32.1. The molecule has 0 aliphatic heterocycles. The molecule has 3 heterocycles. The van der Waals surface area contributed by atoms with E-state index < -0.39 is 0 Å². The summed E-state index contributed by atoms with van der Waals surface area (Å²) in [7, 11) is 1.60. The Balaban J connectivity index is 1.50. The molecule has 3 aromatic heterocycles. The van der Waals surface area contributed by atoms with Crippen molar-refractivity contribution < 1.29 is 9.53 Å². The maximum Gasteiger partial charge on any atom is 0.305 e. The lowest BCUT2D eigenvalue weighted by atomic mass is 9.86. The number of aryl methyl sites for hydroxylation is 1. The van der Waals surface area contributed by atoms with Crippen LogP contribution >= 0.6 is 22.7 Å². The zero-order valence-corrected chi connectivity index (χ0v) is 21.2. The van der Waals surface area contributed by atoms with Gasteiger partial charge in [0.05, 0.1) is 28.4 Å². The van der Waals surface area contributed by atoms with Crippen molar-refractivity contribution in [1.82, 2.24) is 19.9 Å². The minimum absolute atomic E-state index is 0.00569. The molecule has 8 nitrogen and oxygen atoms in total. The first kappa shape index (κ1) is 22.8. The third-order valence-corrected chi connectivity index (χ3v) is 8.44. The summed E-state index contributed by atoms with van der Waals surface area (Å²) in [6.07, 6.45) is 3.94. The average Bonchev–Trinajstić information content (AvgIpc) is 3.37. The second-order valence-electron chi connectivity index (χ2n) is 8.75. The normalized spacial score (nSPS) is 15.6. The predicted octanol–water partition coefficient (Wildman–Crippen LogP) is 4.71. The van der Waals surface area contributed by atoms with Crippen LogP contribution in [0.5, 0.6) is 5.75 Å². The van der Waals surface area contributed by atoms with Crippen LogP contribution < -0.4 is 14.9 Å². The molecular formula is C24H27N5O3S2. The van der Waals surface area contributed by atoms with Gasteiger partial charge in [0, 0.05) is 29.4 Å². The zero-order valence-electron chi connectivity index (χ0n) is 19.6. The number of ether oxygens (including phenoxy) is 1. The van der Waals surface area contributed by atoms with Crippen LogP contribution in [0.25, 0.3) is 20.4 Å².